The van der Waals surface area contributed by atoms with E-state index in [0.29, 0.717) is 11.3 Å². The fourth-order valence-electron chi connectivity index (χ4n) is 3.31. The summed E-state index contributed by atoms with van der Waals surface area (Å²) in [5.74, 6) is -1.11. The average Bonchev–Trinajstić information content (AvgIpc) is 3.16. The first-order chi connectivity index (χ1) is 15.1. The maximum atomic E-state index is 12.4. The van der Waals surface area contributed by atoms with Gasteiger partial charge in [0.2, 0.25) is 0 Å². The summed E-state index contributed by atoms with van der Waals surface area (Å²) in [6.07, 6.45) is -1.07. The van der Waals surface area contributed by atoms with Crippen LogP contribution in [0.3, 0.4) is 0 Å². The summed E-state index contributed by atoms with van der Waals surface area (Å²) in [6, 6.07) is 14.7. The number of carbonyl (C=O) groups is 3. The number of hydrogen-bond donors (Lipinski definition) is 1. The van der Waals surface area contributed by atoms with Crippen LogP contribution in [0.2, 0.25) is 0 Å². The van der Waals surface area contributed by atoms with E-state index in [1.54, 1.807) is 45.0 Å². The van der Waals surface area contributed by atoms with E-state index in [-0.39, 0.29) is 19.6 Å². The van der Waals surface area contributed by atoms with Crippen LogP contribution in [-0.4, -0.2) is 52.3 Å². The lowest BCUT2D eigenvalue weighted by Gasteiger charge is -2.26. The average molecular weight is 441 g/mol. The quantitative estimate of drug-likeness (QED) is 0.679. The third kappa shape index (κ3) is 6.23. The van der Waals surface area contributed by atoms with Crippen molar-refractivity contribution >= 4 is 18.0 Å². The van der Waals surface area contributed by atoms with Crippen molar-refractivity contribution in [3.05, 3.63) is 65.7 Å². The number of benzene rings is 2. The molecule has 1 aliphatic rings. The molecule has 8 heteroatoms. The molecule has 0 spiro atoms. The molecule has 1 N–H and O–H groups in total. The van der Waals surface area contributed by atoms with Crippen LogP contribution in [-0.2, 0) is 20.9 Å². The molecule has 2 aromatic rings. The number of rotatable bonds is 6. The van der Waals surface area contributed by atoms with Gasteiger partial charge in [-0.05, 0) is 50.6 Å². The van der Waals surface area contributed by atoms with Crippen LogP contribution in [0.15, 0.2) is 54.6 Å². The smallest absolute Gasteiger partial charge is 0.411 e. The molecule has 0 unspecified atom stereocenters. The predicted molar refractivity (Wildman–Crippen MR) is 115 cm³/mol. The summed E-state index contributed by atoms with van der Waals surface area (Å²) in [5.41, 5.74) is 0.535. The van der Waals surface area contributed by atoms with Crippen molar-refractivity contribution in [1.29, 1.82) is 0 Å². The van der Waals surface area contributed by atoms with Crippen LogP contribution in [0.1, 0.15) is 43.1 Å². The van der Waals surface area contributed by atoms with Crippen LogP contribution in [0.25, 0.3) is 0 Å². The third-order valence-corrected chi connectivity index (χ3v) is 4.78. The highest BCUT2D eigenvalue weighted by Crippen LogP contribution is 2.26. The Morgan fingerprint density at radius 2 is 1.69 bits per heavy atom. The van der Waals surface area contributed by atoms with Crippen LogP contribution in [0.5, 0.6) is 5.75 Å². The first kappa shape index (κ1) is 23.1. The number of carbonyl (C=O) groups excluding carboxylic acids is 2. The first-order valence-electron chi connectivity index (χ1n) is 10.3. The molecule has 170 valence electrons. The lowest BCUT2D eigenvalue weighted by atomic mass is 10.2. The Hall–Kier alpha value is -3.55. The van der Waals surface area contributed by atoms with Gasteiger partial charge in [0.15, 0.2) is 0 Å². The Morgan fingerprint density at radius 1 is 1.03 bits per heavy atom. The second-order valence-electron chi connectivity index (χ2n) is 8.55. The molecule has 2 atom stereocenters. The van der Waals surface area contributed by atoms with E-state index >= 15 is 0 Å². The largest absolute Gasteiger partial charge is 0.488 e. The summed E-state index contributed by atoms with van der Waals surface area (Å²) in [6.45, 7) is 5.43. The Labute approximate surface area is 186 Å². The second kappa shape index (κ2) is 9.72. The summed E-state index contributed by atoms with van der Waals surface area (Å²) < 4.78 is 16.5. The molecule has 1 aliphatic heterocycles. The Morgan fingerprint density at radius 3 is 2.28 bits per heavy atom. The molecule has 0 bridgehead atoms. The van der Waals surface area contributed by atoms with Gasteiger partial charge in [-0.15, -0.1) is 0 Å². The van der Waals surface area contributed by atoms with Crippen molar-refractivity contribution in [2.75, 3.05) is 6.54 Å². The van der Waals surface area contributed by atoms with E-state index < -0.39 is 35.8 Å². The number of hydrogen-bond acceptors (Lipinski definition) is 6. The van der Waals surface area contributed by atoms with E-state index in [9.17, 15) is 19.5 Å². The monoisotopic (exact) mass is 441 g/mol. The Bertz CT molecular complexity index is 951. The number of carboxylic acid groups (broad SMARTS) is 1. The number of amides is 1. The molecule has 1 saturated heterocycles. The summed E-state index contributed by atoms with van der Waals surface area (Å²) in [4.78, 5) is 37.4. The van der Waals surface area contributed by atoms with Gasteiger partial charge in [0.25, 0.3) is 0 Å². The maximum Gasteiger partial charge on any atom is 0.411 e. The maximum absolute atomic E-state index is 12.4. The van der Waals surface area contributed by atoms with E-state index in [4.69, 9.17) is 14.2 Å². The molecular weight excluding hydrogens is 414 g/mol. The molecule has 32 heavy (non-hydrogen) atoms. The molecule has 3 rings (SSSR count). The van der Waals surface area contributed by atoms with Gasteiger partial charge in [-0.25, -0.2) is 14.4 Å². The van der Waals surface area contributed by atoms with Gasteiger partial charge in [-0.3, -0.25) is 4.90 Å². The minimum atomic E-state index is -1.11. The molecule has 2 aromatic carbocycles. The molecule has 1 amide bonds. The number of aliphatic carboxylic acids is 1. The van der Waals surface area contributed by atoms with Crippen molar-refractivity contribution in [3.63, 3.8) is 0 Å². The predicted octanol–water partition coefficient (Wildman–Crippen LogP) is 3.89. The number of esters is 1. The highest BCUT2D eigenvalue weighted by Gasteiger charge is 2.42. The van der Waals surface area contributed by atoms with Crippen molar-refractivity contribution in [2.45, 2.75) is 51.5 Å². The van der Waals surface area contributed by atoms with Crippen molar-refractivity contribution in [2.24, 2.45) is 0 Å². The van der Waals surface area contributed by atoms with Crippen molar-refractivity contribution in [1.82, 2.24) is 4.90 Å². The normalized spacial score (nSPS) is 18.2. The Balaban J connectivity index is 1.58. The standard InChI is InChI=1S/C24H27NO7/c1-24(2,3)32-23(29)25-14-19(13-20(25)21(26)27)31-18-11-9-17(10-12-18)22(28)30-15-16-7-5-4-6-8-16/h4-12,19-20H,13-15H2,1-3H3,(H,26,27)/t19-,20+/m1/s1. The highest BCUT2D eigenvalue weighted by atomic mass is 16.6. The SMILES string of the molecule is CC(C)(C)OC(=O)N1C[C@H](Oc2ccc(C(=O)OCc3ccccc3)cc2)C[C@H]1C(=O)O. The molecule has 0 saturated carbocycles. The highest BCUT2D eigenvalue weighted by molar-refractivity contribution is 5.89. The van der Waals surface area contributed by atoms with Crippen LogP contribution in [0.4, 0.5) is 4.79 Å². The lowest BCUT2D eigenvalue weighted by Crippen LogP contribution is -2.43. The lowest BCUT2D eigenvalue weighted by molar-refractivity contribution is -0.142. The molecular formula is C24H27NO7. The summed E-state index contributed by atoms with van der Waals surface area (Å²) in [7, 11) is 0. The minimum Gasteiger partial charge on any atom is -0.488 e. The van der Waals surface area contributed by atoms with E-state index in [0.717, 1.165) is 5.56 Å². The molecule has 0 aliphatic carbocycles. The van der Waals surface area contributed by atoms with Crippen LogP contribution >= 0.6 is 0 Å². The number of likely N-dealkylation sites (tertiary alicyclic amines) is 1. The second-order valence-corrected chi connectivity index (χ2v) is 8.55. The van der Waals surface area contributed by atoms with Gasteiger partial charge in [-0.2, -0.15) is 0 Å². The summed E-state index contributed by atoms with van der Waals surface area (Å²) >= 11 is 0. The fraction of sp³-hybridized carbons (Fsp3) is 0.375. The molecule has 1 fully saturated rings. The molecule has 0 radical (unpaired) electrons. The van der Waals surface area contributed by atoms with Crippen molar-refractivity contribution < 1.29 is 33.7 Å². The number of ether oxygens (including phenoxy) is 3. The van der Waals surface area contributed by atoms with Gasteiger partial charge in [0.1, 0.15) is 30.1 Å². The summed E-state index contributed by atoms with van der Waals surface area (Å²) in [5, 5.41) is 9.49. The first-order valence-corrected chi connectivity index (χ1v) is 10.3. The zero-order valence-corrected chi connectivity index (χ0v) is 18.3. The molecule has 0 aromatic heterocycles. The molecule has 1 heterocycles. The van der Waals surface area contributed by atoms with Gasteiger partial charge < -0.3 is 19.3 Å². The fourth-order valence-corrected chi connectivity index (χ4v) is 3.31. The minimum absolute atomic E-state index is 0.0900. The van der Waals surface area contributed by atoms with Crippen molar-refractivity contribution in [3.8, 4) is 5.75 Å². The van der Waals surface area contributed by atoms with Crippen LogP contribution < -0.4 is 4.74 Å². The number of nitrogens with zero attached hydrogens (tertiary/aromatic N) is 1. The van der Waals surface area contributed by atoms with Gasteiger partial charge >= 0.3 is 18.0 Å². The van der Waals surface area contributed by atoms with E-state index in [1.807, 2.05) is 30.3 Å². The van der Waals surface area contributed by atoms with E-state index in [1.165, 1.54) is 4.90 Å². The number of carboxylic acids is 1. The van der Waals surface area contributed by atoms with Crippen LogP contribution in [0, 0.1) is 0 Å². The van der Waals surface area contributed by atoms with Gasteiger partial charge in [0.05, 0.1) is 12.1 Å². The van der Waals surface area contributed by atoms with Gasteiger partial charge in [0, 0.05) is 6.42 Å². The Kier molecular flexibility index (Phi) is 7.02. The topological polar surface area (TPSA) is 102 Å². The van der Waals surface area contributed by atoms with E-state index in [2.05, 4.69) is 0 Å². The third-order valence-electron chi connectivity index (χ3n) is 4.78. The zero-order chi connectivity index (χ0) is 23.3. The molecule has 8 nitrogen and oxygen atoms in total. The zero-order valence-electron chi connectivity index (χ0n) is 18.3. The van der Waals surface area contributed by atoms with Gasteiger partial charge in [-0.1, -0.05) is 30.3 Å².